The first-order valence-corrected chi connectivity index (χ1v) is 12.7. The van der Waals surface area contributed by atoms with Gasteiger partial charge in [0.15, 0.2) is 17.2 Å². The lowest BCUT2D eigenvalue weighted by molar-refractivity contribution is -0.135. The minimum Gasteiger partial charge on any atom is -0.476 e. The van der Waals surface area contributed by atoms with Crippen molar-refractivity contribution in [3.8, 4) is 5.75 Å². The molecule has 0 aliphatic carbocycles. The molecule has 0 spiro atoms. The average molecular weight is 515 g/mol. The van der Waals surface area contributed by atoms with Gasteiger partial charge in [0.1, 0.15) is 16.5 Å². The Kier molecular flexibility index (Phi) is 6.47. The van der Waals surface area contributed by atoms with Crippen LogP contribution in [0.1, 0.15) is 39.5 Å². The largest absolute Gasteiger partial charge is 0.476 e. The highest BCUT2D eigenvalue weighted by Gasteiger charge is 2.43. The van der Waals surface area contributed by atoms with Gasteiger partial charge in [-0.2, -0.15) is 0 Å². The number of aromatic nitrogens is 1. The first-order chi connectivity index (χ1) is 15.8. The lowest BCUT2D eigenvalue weighted by atomic mass is 9.96. The molecule has 2 bridgehead atoms. The maximum atomic E-state index is 13.6. The van der Waals surface area contributed by atoms with E-state index in [1.165, 1.54) is 26.1 Å². The highest BCUT2D eigenvalue weighted by molar-refractivity contribution is 7.89. The van der Waals surface area contributed by atoms with E-state index in [-0.39, 0.29) is 33.8 Å². The van der Waals surface area contributed by atoms with Crippen molar-refractivity contribution in [1.82, 2.24) is 10.3 Å². The molecule has 0 saturated carbocycles. The molecule has 2 aliphatic rings. The Hall–Kier alpha value is -2.50. The molecule has 2 fully saturated rings. The number of rotatable bonds is 6. The van der Waals surface area contributed by atoms with E-state index >= 15 is 0 Å². The number of pyridine rings is 1. The number of carbonyl (C=O) groups is 1. The zero-order valence-corrected chi connectivity index (χ0v) is 20.2. The summed E-state index contributed by atoms with van der Waals surface area (Å²) in [6, 6.07) is 4.84. The number of halogens is 3. The number of benzene rings is 1. The number of piperidine rings is 1. The van der Waals surface area contributed by atoms with Crippen LogP contribution in [0, 0.1) is 11.6 Å². The van der Waals surface area contributed by atoms with Crippen LogP contribution in [0.15, 0.2) is 35.4 Å². The number of anilines is 1. The predicted octanol–water partition coefficient (Wildman–Crippen LogP) is 3.13. The fourth-order valence-electron chi connectivity index (χ4n) is 4.63. The number of sulfonamides is 1. The van der Waals surface area contributed by atoms with Crippen molar-refractivity contribution in [2.24, 2.45) is 5.14 Å². The summed E-state index contributed by atoms with van der Waals surface area (Å²) in [7, 11) is -3.82. The molecule has 1 aromatic carbocycles. The van der Waals surface area contributed by atoms with Crippen LogP contribution >= 0.6 is 11.6 Å². The van der Waals surface area contributed by atoms with E-state index < -0.39 is 33.2 Å². The third-order valence-corrected chi connectivity index (χ3v) is 7.46. The Morgan fingerprint density at radius 3 is 2.38 bits per heavy atom. The molecule has 2 aromatic rings. The number of hydrogen-bond donors (Lipinski definition) is 2. The second kappa shape index (κ2) is 8.94. The molecule has 34 heavy (non-hydrogen) atoms. The number of amides is 1. The molecule has 2 unspecified atom stereocenters. The molecule has 1 aromatic heterocycles. The highest BCUT2D eigenvalue weighted by atomic mass is 35.5. The van der Waals surface area contributed by atoms with Crippen molar-refractivity contribution < 1.29 is 26.7 Å². The molecule has 184 valence electrons. The summed E-state index contributed by atoms with van der Waals surface area (Å²) >= 11 is 5.94. The van der Waals surface area contributed by atoms with Crippen LogP contribution in [-0.2, 0) is 14.8 Å². The second-order valence-corrected chi connectivity index (χ2v) is 11.1. The maximum Gasteiger partial charge on any atom is 0.263 e. The Bertz CT molecular complexity index is 1200. The Morgan fingerprint density at radius 2 is 1.82 bits per heavy atom. The summed E-state index contributed by atoms with van der Waals surface area (Å²) in [5.41, 5.74) is -1.38. The van der Waals surface area contributed by atoms with E-state index in [0.717, 1.165) is 25.0 Å². The predicted molar refractivity (Wildman–Crippen MR) is 122 cm³/mol. The fraction of sp³-hybridized carbons (Fsp3) is 0.455. The van der Waals surface area contributed by atoms with Crippen molar-refractivity contribution in [2.75, 3.05) is 4.90 Å². The van der Waals surface area contributed by atoms with Crippen molar-refractivity contribution in [3.63, 3.8) is 0 Å². The minimum atomic E-state index is -3.82. The van der Waals surface area contributed by atoms with Crippen LogP contribution in [0.25, 0.3) is 0 Å². The van der Waals surface area contributed by atoms with Crippen molar-refractivity contribution >= 4 is 33.3 Å². The minimum absolute atomic E-state index is 0.0471. The lowest BCUT2D eigenvalue weighted by Gasteiger charge is -2.40. The van der Waals surface area contributed by atoms with Gasteiger partial charge < -0.3 is 15.0 Å². The number of fused-ring (bicyclic) bond motifs is 2. The van der Waals surface area contributed by atoms with Gasteiger partial charge in [0.05, 0.1) is 5.02 Å². The molecule has 1 amide bonds. The van der Waals surface area contributed by atoms with Gasteiger partial charge in [-0.05, 0) is 57.7 Å². The molecule has 8 nitrogen and oxygen atoms in total. The van der Waals surface area contributed by atoms with Crippen molar-refractivity contribution in [1.29, 1.82) is 0 Å². The average Bonchev–Trinajstić information content (AvgIpc) is 3.01. The number of nitrogens with two attached hydrogens (primary N) is 1. The smallest absolute Gasteiger partial charge is 0.263 e. The molecular formula is C22H25ClF2N4O4S. The van der Waals surface area contributed by atoms with Crippen LogP contribution in [0.3, 0.4) is 0 Å². The second-order valence-electron chi connectivity index (χ2n) is 9.14. The van der Waals surface area contributed by atoms with E-state index in [1.54, 1.807) is 6.07 Å². The fourth-order valence-corrected chi connectivity index (χ4v) is 5.27. The van der Waals surface area contributed by atoms with Gasteiger partial charge in [0, 0.05) is 30.4 Å². The third-order valence-electron chi connectivity index (χ3n) is 6.27. The topological polar surface area (TPSA) is 115 Å². The Labute approximate surface area is 201 Å². The first kappa shape index (κ1) is 24.6. The summed E-state index contributed by atoms with van der Waals surface area (Å²) in [4.78, 5) is 19.4. The van der Waals surface area contributed by atoms with E-state index in [9.17, 15) is 22.0 Å². The standard InChI is InChI=1S/C22H25ClF2N4O4S/c1-22(2,33-19-10-18(25)17(24)9-16(19)23)21(30)28-12-7-13-3-4-14(8-12)29(13)20-6-5-15(11-27-20)34(26,31)32/h5-6,9-14H,3-4,7-8H2,1-2H3,(H,28,30)(H2,26,31,32). The van der Waals surface area contributed by atoms with Gasteiger partial charge >= 0.3 is 0 Å². The molecular weight excluding hydrogens is 490 g/mol. The summed E-state index contributed by atoms with van der Waals surface area (Å²) in [6.45, 7) is 3.06. The van der Waals surface area contributed by atoms with E-state index in [4.69, 9.17) is 21.5 Å². The van der Waals surface area contributed by atoms with Crippen LogP contribution in [0.5, 0.6) is 5.75 Å². The molecule has 3 heterocycles. The van der Waals surface area contributed by atoms with Gasteiger partial charge in [-0.3, -0.25) is 4.79 Å². The number of carbonyl (C=O) groups excluding carboxylic acids is 1. The van der Waals surface area contributed by atoms with Gasteiger partial charge in [-0.25, -0.2) is 27.3 Å². The maximum absolute atomic E-state index is 13.6. The Morgan fingerprint density at radius 1 is 1.21 bits per heavy atom. The van der Waals surface area contributed by atoms with Crippen molar-refractivity contribution in [3.05, 3.63) is 47.1 Å². The quantitative estimate of drug-likeness (QED) is 0.572. The van der Waals surface area contributed by atoms with Crippen LogP contribution < -0.4 is 20.1 Å². The molecule has 12 heteroatoms. The summed E-state index contributed by atoms with van der Waals surface area (Å²) in [5.74, 6) is -2.08. The highest BCUT2D eigenvalue weighted by Crippen LogP contribution is 2.39. The summed E-state index contributed by atoms with van der Waals surface area (Å²) in [5, 5.41) is 8.02. The molecule has 2 saturated heterocycles. The van der Waals surface area contributed by atoms with E-state index in [2.05, 4.69) is 15.2 Å². The number of primary sulfonamides is 1. The number of nitrogens with zero attached hydrogens (tertiary/aromatic N) is 2. The van der Waals surface area contributed by atoms with Gasteiger partial charge in [-0.15, -0.1) is 0 Å². The van der Waals surface area contributed by atoms with Crippen LogP contribution in [0.4, 0.5) is 14.6 Å². The van der Waals surface area contributed by atoms with Gasteiger partial charge in [0.2, 0.25) is 10.0 Å². The molecule has 3 N–H and O–H groups in total. The zero-order chi connectivity index (χ0) is 24.8. The van der Waals surface area contributed by atoms with Gasteiger partial charge in [-0.1, -0.05) is 11.6 Å². The van der Waals surface area contributed by atoms with E-state index in [1.807, 2.05) is 0 Å². The first-order valence-electron chi connectivity index (χ1n) is 10.8. The lowest BCUT2D eigenvalue weighted by Crippen LogP contribution is -2.55. The van der Waals surface area contributed by atoms with Crippen LogP contribution in [-0.4, -0.2) is 43.0 Å². The van der Waals surface area contributed by atoms with Crippen molar-refractivity contribution in [2.45, 2.75) is 68.2 Å². The van der Waals surface area contributed by atoms with E-state index in [0.29, 0.717) is 18.7 Å². The Balaban J connectivity index is 1.42. The number of ether oxygens (including phenoxy) is 1. The summed E-state index contributed by atoms with van der Waals surface area (Å²) in [6.07, 6.45) is 4.42. The monoisotopic (exact) mass is 514 g/mol. The number of nitrogens with one attached hydrogen (secondary N) is 1. The molecule has 2 atom stereocenters. The summed E-state index contributed by atoms with van der Waals surface area (Å²) < 4.78 is 55.5. The van der Waals surface area contributed by atoms with Gasteiger partial charge in [0.25, 0.3) is 5.91 Å². The number of hydrogen-bond acceptors (Lipinski definition) is 6. The van der Waals surface area contributed by atoms with Crippen LogP contribution in [0.2, 0.25) is 5.02 Å². The molecule has 4 rings (SSSR count). The molecule has 0 radical (unpaired) electrons. The third kappa shape index (κ3) is 4.96. The zero-order valence-electron chi connectivity index (χ0n) is 18.6. The normalized spacial score (nSPS) is 22.5. The molecule has 2 aliphatic heterocycles. The SMILES string of the molecule is CC(C)(Oc1cc(F)c(F)cc1Cl)C(=O)NC1CC2CCC(C1)N2c1ccc(S(N)(=O)=O)cn1.